The molecule has 0 saturated heterocycles. The molecule has 0 radical (unpaired) electrons. The normalized spacial score (nSPS) is 11.0. The Labute approximate surface area is 176 Å². The summed E-state index contributed by atoms with van der Waals surface area (Å²) in [5.74, 6) is 2.54. The lowest BCUT2D eigenvalue weighted by atomic mass is 10.2. The molecule has 2 aromatic rings. The van der Waals surface area contributed by atoms with Crippen molar-refractivity contribution in [3.05, 3.63) is 41.3 Å². The molecule has 0 aliphatic rings. The summed E-state index contributed by atoms with van der Waals surface area (Å²) in [6.07, 6.45) is 2.24. The highest BCUT2D eigenvalue weighted by molar-refractivity contribution is 5.92. The zero-order chi connectivity index (χ0) is 21.9. The Bertz CT molecular complexity index is 838. The van der Waals surface area contributed by atoms with Crippen LogP contribution in [0.3, 0.4) is 0 Å². The van der Waals surface area contributed by atoms with Gasteiger partial charge in [0, 0.05) is 32.2 Å². The minimum absolute atomic E-state index is 0.206. The molecule has 0 aliphatic heterocycles. The fourth-order valence-electron chi connectivity index (χ4n) is 2.83. The highest BCUT2D eigenvalue weighted by Crippen LogP contribution is 2.38. The van der Waals surface area contributed by atoms with E-state index in [-0.39, 0.29) is 5.91 Å². The number of nitrogens with one attached hydrogen (secondary N) is 3. The van der Waals surface area contributed by atoms with Gasteiger partial charge in [-0.25, -0.2) is 0 Å². The summed E-state index contributed by atoms with van der Waals surface area (Å²) in [6, 6.07) is 5.53. The van der Waals surface area contributed by atoms with Crippen molar-refractivity contribution >= 4 is 11.9 Å². The Hall–Kier alpha value is -3.36. The molecule has 0 fully saturated rings. The smallest absolute Gasteiger partial charge is 0.287 e. The van der Waals surface area contributed by atoms with Crippen molar-refractivity contribution < 1.29 is 23.4 Å². The van der Waals surface area contributed by atoms with Crippen molar-refractivity contribution in [1.82, 2.24) is 16.0 Å². The van der Waals surface area contributed by atoms with Crippen LogP contribution in [-0.2, 0) is 6.54 Å². The maximum atomic E-state index is 12.0. The lowest BCUT2D eigenvalue weighted by molar-refractivity contribution is 0.0925. The van der Waals surface area contributed by atoms with Crippen LogP contribution in [-0.4, -0.2) is 53.3 Å². The zero-order valence-corrected chi connectivity index (χ0v) is 18.1. The highest BCUT2D eigenvalue weighted by Gasteiger charge is 2.13. The van der Waals surface area contributed by atoms with Crippen LogP contribution >= 0.6 is 0 Å². The van der Waals surface area contributed by atoms with Crippen molar-refractivity contribution in [3.63, 3.8) is 0 Å². The SMILES string of the molecule is CN=C(NCCCNC(=O)c1occc1C)NCc1cc(OC)c(OC)c(OC)c1. The molecule has 9 nitrogen and oxygen atoms in total. The Morgan fingerprint density at radius 2 is 1.70 bits per heavy atom. The minimum atomic E-state index is -0.206. The Morgan fingerprint density at radius 1 is 1.03 bits per heavy atom. The third-order valence-corrected chi connectivity index (χ3v) is 4.41. The summed E-state index contributed by atoms with van der Waals surface area (Å²) in [6.45, 7) is 3.52. The van der Waals surface area contributed by atoms with Crippen LogP contribution in [0.4, 0.5) is 0 Å². The van der Waals surface area contributed by atoms with Crippen molar-refractivity contribution in [3.8, 4) is 17.2 Å². The zero-order valence-electron chi connectivity index (χ0n) is 18.1. The molecular weight excluding hydrogens is 388 g/mol. The second kappa shape index (κ2) is 11.6. The number of methoxy groups -OCH3 is 3. The van der Waals surface area contributed by atoms with E-state index < -0.39 is 0 Å². The first-order valence-corrected chi connectivity index (χ1v) is 9.59. The van der Waals surface area contributed by atoms with E-state index in [1.165, 1.54) is 6.26 Å². The van der Waals surface area contributed by atoms with Crippen LogP contribution in [0, 0.1) is 6.92 Å². The van der Waals surface area contributed by atoms with Crippen LogP contribution in [0.15, 0.2) is 33.9 Å². The van der Waals surface area contributed by atoms with E-state index in [1.807, 2.05) is 19.1 Å². The number of aryl methyl sites for hydroxylation is 1. The molecule has 1 aromatic heterocycles. The number of benzene rings is 1. The Kier molecular flexibility index (Phi) is 8.86. The number of aliphatic imine (C=N–C) groups is 1. The minimum Gasteiger partial charge on any atom is -0.493 e. The molecule has 1 amide bonds. The summed E-state index contributed by atoms with van der Waals surface area (Å²) in [5.41, 5.74) is 1.77. The lowest BCUT2D eigenvalue weighted by Crippen LogP contribution is -2.38. The van der Waals surface area contributed by atoms with Gasteiger partial charge >= 0.3 is 0 Å². The molecule has 30 heavy (non-hydrogen) atoms. The fourth-order valence-corrected chi connectivity index (χ4v) is 2.83. The maximum absolute atomic E-state index is 12.0. The van der Waals surface area contributed by atoms with Gasteiger partial charge in [-0.05, 0) is 37.1 Å². The van der Waals surface area contributed by atoms with Gasteiger partial charge in [-0.15, -0.1) is 0 Å². The molecule has 1 heterocycles. The van der Waals surface area contributed by atoms with Crippen LogP contribution in [0.2, 0.25) is 0 Å². The summed E-state index contributed by atoms with van der Waals surface area (Å²) in [5, 5.41) is 9.30. The first-order valence-electron chi connectivity index (χ1n) is 9.59. The number of furan rings is 1. The number of guanidine groups is 1. The molecule has 0 atom stereocenters. The number of carbonyl (C=O) groups is 1. The van der Waals surface area contributed by atoms with Gasteiger partial charge in [0.15, 0.2) is 23.2 Å². The van der Waals surface area contributed by atoms with Gasteiger partial charge in [0.2, 0.25) is 5.75 Å². The summed E-state index contributed by atoms with van der Waals surface area (Å²) in [7, 11) is 6.44. The number of hydrogen-bond acceptors (Lipinski definition) is 6. The van der Waals surface area contributed by atoms with E-state index in [1.54, 1.807) is 34.4 Å². The van der Waals surface area contributed by atoms with Crippen molar-refractivity contribution in [2.45, 2.75) is 19.9 Å². The quantitative estimate of drug-likeness (QED) is 0.308. The van der Waals surface area contributed by atoms with Gasteiger partial charge in [-0.2, -0.15) is 0 Å². The lowest BCUT2D eigenvalue weighted by Gasteiger charge is -2.16. The molecule has 0 bridgehead atoms. The van der Waals surface area contributed by atoms with Crippen LogP contribution in [0.1, 0.15) is 28.1 Å². The summed E-state index contributed by atoms with van der Waals surface area (Å²) < 4.78 is 21.3. The molecule has 1 aromatic carbocycles. The highest BCUT2D eigenvalue weighted by atomic mass is 16.5. The van der Waals surface area contributed by atoms with Crippen LogP contribution in [0.25, 0.3) is 0 Å². The van der Waals surface area contributed by atoms with Gasteiger partial charge in [-0.3, -0.25) is 9.79 Å². The first kappa shape index (κ1) is 22.9. The van der Waals surface area contributed by atoms with E-state index >= 15 is 0 Å². The summed E-state index contributed by atoms with van der Waals surface area (Å²) >= 11 is 0. The number of rotatable bonds is 10. The third-order valence-electron chi connectivity index (χ3n) is 4.41. The molecule has 9 heteroatoms. The second-order valence-electron chi connectivity index (χ2n) is 6.43. The molecule has 164 valence electrons. The predicted molar refractivity (Wildman–Crippen MR) is 115 cm³/mol. The third kappa shape index (κ3) is 6.07. The Balaban J connectivity index is 1.78. The van der Waals surface area contributed by atoms with Gasteiger partial charge in [0.05, 0.1) is 27.6 Å². The van der Waals surface area contributed by atoms with E-state index in [4.69, 9.17) is 18.6 Å². The van der Waals surface area contributed by atoms with Gasteiger partial charge in [0.25, 0.3) is 5.91 Å². The van der Waals surface area contributed by atoms with E-state index in [0.29, 0.717) is 48.6 Å². The number of nitrogens with zero attached hydrogens (tertiary/aromatic N) is 1. The Morgan fingerprint density at radius 3 is 2.23 bits per heavy atom. The topological polar surface area (TPSA) is 106 Å². The molecule has 0 saturated carbocycles. The first-order chi connectivity index (χ1) is 14.5. The van der Waals surface area contributed by atoms with Crippen molar-refractivity contribution in [2.75, 3.05) is 41.5 Å². The average Bonchev–Trinajstić information content (AvgIpc) is 3.20. The molecular formula is C21H30N4O5. The van der Waals surface area contributed by atoms with E-state index in [0.717, 1.165) is 17.5 Å². The second-order valence-corrected chi connectivity index (χ2v) is 6.43. The standard InChI is InChI=1S/C21H30N4O5/c1-14-7-10-30-18(14)20(26)23-8-6-9-24-21(22-2)25-13-15-11-16(27-3)19(29-5)17(12-15)28-4/h7,10-12H,6,8-9,13H2,1-5H3,(H,23,26)(H2,22,24,25). The number of ether oxygens (including phenoxy) is 3. The number of carbonyl (C=O) groups excluding carboxylic acids is 1. The average molecular weight is 418 g/mol. The molecule has 0 unspecified atom stereocenters. The number of hydrogen-bond donors (Lipinski definition) is 3. The van der Waals surface area contributed by atoms with E-state index in [9.17, 15) is 4.79 Å². The van der Waals surface area contributed by atoms with Crippen molar-refractivity contribution in [2.24, 2.45) is 4.99 Å². The van der Waals surface area contributed by atoms with Crippen LogP contribution in [0.5, 0.6) is 17.2 Å². The van der Waals surface area contributed by atoms with E-state index in [2.05, 4.69) is 20.9 Å². The van der Waals surface area contributed by atoms with Crippen molar-refractivity contribution in [1.29, 1.82) is 0 Å². The molecule has 0 spiro atoms. The van der Waals surface area contributed by atoms with Gasteiger partial charge in [0.1, 0.15) is 0 Å². The molecule has 0 aliphatic carbocycles. The fraction of sp³-hybridized carbons (Fsp3) is 0.429. The van der Waals surface area contributed by atoms with Gasteiger partial charge in [-0.1, -0.05) is 0 Å². The van der Waals surface area contributed by atoms with Gasteiger partial charge < -0.3 is 34.6 Å². The predicted octanol–water partition coefficient (Wildman–Crippen LogP) is 2.10. The summed E-state index contributed by atoms with van der Waals surface area (Å²) in [4.78, 5) is 16.2. The molecule has 3 N–H and O–H groups in total. The van der Waals surface area contributed by atoms with Crippen LogP contribution < -0.4 is 30.2 Å². The largest absolute Gasteiger partial charge is 0.493 e. The molecule has 2 rings (SSSR count). The maximum Gasteiger partial charge on any atom is 0.287 e. The monoisotopic (exact) mass is 418 g/mol. The number of amides is 1.